The summed E-state index contributed by atoms with van der Waals surface area (Å²) in [5.74, 6) is 0. The standard InChI is InChI=1S/C18H21BrIN/c1-4-7-21-18(14-9-12(2)8-13(3)10-14)16-11-15(20)5-6-17(16)19/h5-6,8-11,18,21H,4,7H2,1-3H3. The Labute approximate surface area is 149 Å². The molecule has 1 atom stereocenters. The molecule has 0 saturated heterocycles. The zero-order valence-corrected chi connectivity index (χ0v) is 16.5. The Kier molecular flexibility index (Phi) is 6.26. The monoisotopic (exact) mass is 457 g/mol. The zero-order valence-electron chi connectivity index (χ0n) is 12.7. The third-order valence-corrected chi connectivity index (χ3v) is 4.84. The normalized spacial score (nSPS) is 12.4. The van der Waals surface area contributed by atoms with Crippen molar-refractivity contribution < 1.29 is 0 Å². The molecular weight excluding hydrogens is 437 g/mol. The van der Waals surface area contributed by atoms with Gasteiger partial charge in [0.15, 0.2) is 0 Å². The molecule has 1 nitrogen and oxygen atoms in total. The molecule has 3 heteroatoms. The summed E-state index contributed by atoms with van der Waals surface area (Å²) in [6.07, 6.45) is 1.13. The minimum Gasteiger partial charge on any atom is -0.306 e. The number of benzene rings is 2. The van der Waals surface area contributed by atoms with Gasteiger partial charge >= 0.3 is 0 Å². The number of hydrogen-bond acceptors (Lipinski definition) is 1. The van der Waals surface area contributed by atoms with E-state index in [9.17, 15) is 0 Å². The number of nitrogens with one attached hydrogen (secondary N) is 1. The highest BCUT2D eigenvalue weighted by Gasteiger charge is 2.17. The Balaban J connectivity index is 2.49. The first kappa shape index (κ1) is 17.0. The van der Waals surface area contributed by atoms with Crippen LogP contribution in [0.4, 0.5) is 0 Å². The maximum Gasteiger partial charge on any atom is 0.0588 e. The fourth-order valence-electron chi connectivity index (χ4n) is 2.61. The van der Waals surface area contributed by atoms with Crippen molar-refractivity contribution in [1.82, 2.24) is 5.32 Å². The highest BCUT2D eigenvalue weighted by Crippen LogP contribution is 2.31. The molecule has 0 fully saturated rings. The van der Waals surface area contributed by atoms with Crippen LogP contribution in [-0.4, -0.2) is 6.54 Å². The minimum atomic E-state index is 0.229. The second-order valence-electron chi connectivity index (χ2n) is 5.47. The van der Waals surface area contributed by atoms with Gasteiger partial charge in [-0.3, -0.25) is 0 Å². The van der Waals surface area contributed by atoms with Crippen molar-refractivity contribution in [2.24, 2.45) is 0 Å². The fourth-order valence-corrected chi connectivity index (χ4v) is 3.60. The van der Waals surface area contributed by atoms with Gasteiger partial charge in [0, 0.05) is 8.04 Å². The average molecular weight is 458 g/mol. The van der Waals surface area contributed by atoms with Crippen LogP contribution < -0.4 is 5.32 Å². The van der Waals surface area contributed by atoms with Gasteiger partial charge in [-0.15, -0.1) is 0 Å². The number of halogens is 2. The highest BCUT2D eigenvalue weighted by molar-refractivity contribution is 14.1. The highest BCUT2D eigenvalue weighted by atomic mass is 127. The molecule has 0 heterocycles. The topological polar surface area (TPSA) is 12.0 Å². The van der Waals surface area contributed by atoms with E-state index in [1.54, 1.807) is 0 Å². The van der Waals surface area contributed by atoms with Crippen molar-refractivity contribution in [3.63, 3.8) is 0 Å². The van der Waals surface area contributed by atoms with Gasteiger partial charge in [0.25, 0.3) is 0 Å². The van der Waals surface area contributed by atoms with E-state index < -0.39 is 0 Å². The maximum atomic E-state index is 3.71. The smallest absolute Gasteiger partial charge is 0.0588 e. The van der Waals surface area contributed by atoms with Crippen molar-refractivity contribution in [2.75, 3.05) is 6.54 Å². The van der Waals surface area contributed by atoms with Crippen LogP contribution in [0.15, 0.2) is 40.9 Å². The fraction of sp³-hybridized carbons (Fsp3) is 0.333. The summed E-state index contributed by atoms with van der Waals surface area (Å²) in [7, 11) is 0. The van der Waals surface area contributed by atoms with Gasteiger partial charge in [-0.25, -0.2) is 0 Å². The maximum absolute atomic E-state index is 3.71. The van der Waals surface area contributed by atoms with Gasteiger partial charge in [0.1, 0.15) is 0 Å². The Bertz CT molecular complexity index is 604. The summed E-state index contributed by atoms with van der Waals surface area (Å²) in [5.41, 5.74) is 5.27. The van der Waals surface area contributed by atoms with Crippen molar-refractivity contribution in [2.45, 2.75) is 33.2 Å². The Hall–Kier alpha value is -0.390. The van der Waals surface area contributed by atoms with Crippen LogP contribution in [0.3, 0.4) is 0 Å². The van der Waals surface area contributed by atoms with E-state index >= 15 is 0 Å². The molecule has 0 saturated carbocycles. The van der Waals surface area contributed by atoms with Crippen LogP contribution in [-0.2, 0) is 0 Å². The van der Waals surface area contributed by atoms with E-state index in [4.69, 9.17) is 0 Å². The van der Waals surface area contributed by atoms with Crippen molar-refractivity contribution >= 4 is 38.5 Å². The molecule has 0 bridgehead atoms. The molecular formula is C18H21BrIN. The molecule has 0 amide bonds. The van der Waals surface area contributed by atoms with E-state index in [-0.39, 0.29) is 6.04 Å². The number of aryl methyl sites for hydroxylation is 2. The van der Waals surface area contributed by atoms with Gasteiger partial charge in [0.2, 0.25) is 0 Å². The lowest BCUT2D eigenvalue weighted by Crippen LogP contribution is -2.24. The number of hydrogen-bond donors (Lipinski definition) is 1. The molecule has 1 unspecified atom stereocenters. The quantitative estimate of drug-likeness (QED) is 0.562. The van der Waals surface area contributed by atoms with Crippen molar-refractivity contribution in [3.05, 3.63) is 66.7 Å². The lowest BCUT2D eigenvalue weighted by Gasteiger charge is -2.22. The van der Waals surface area contributed by atoms with Crippen LogP contribution in [0.2, 0.25) is 0 Å². The second-order valence-corrected chi connectivity index (χ2v) is 7.57. The van der Waals surface area contributed by atoms with Gasteiger partial charge in [-0.2, -0.15) is 0 Å². The van der Waals surface area contributed by atoms with Crippen molar-refractivity contribution in [3.8, 4) is 0 Å². The van der Waals surface area contributed by atoms with Crippen LogP contribution in [0.5, 0.6) is 0 Å². The van der Waals surface area contributed by atoms with E-state index in [0.717, 1.165) is 17.4 Å². The molecule has 21 heavy (non-hydrogen) atoms. The van der Waals surface area contributed by atoms with Crippen molar-refractivity contribution in [1.29, 1.82) is 0 Å². The molecule has 0 spiro atoms. The summed E-state index contributed by atoms with van der Waals surface area (Å²) >= 11 is 6.09. The first-order chi connectivity index (χ1) is 10.0. The zero-order chi connectivity index (χ0) is 15.4. The lowest BCUT2D eigenvalue weighted by molar-refractivity contribution is 0.596. The number of rotatable bonds is 5. The predicted octanol–water partition coefficient (Wildman–Crippen LogP) is 5.76. The van der Waals surface area contributed by atoms with E-state index in [2.05, 4.69) is 101 Å². The largest absolute Gasteiger partial charge is 0.306 e. The molecule has 0 aromatic heterocycles. The first-order valence-corrected chi connectivity index (χ1v) is 9.15. The van der Waals surface area contributed by atoms with Gasteiger partial charge in [-0.1, -0.05) is 52.2 Å². The van der Waals surface area contributed by atoms with Gasteiger partial charge in [-0.05, 0) is 78.7 Å². The van der Waals surface area contributed by atoms with Crippen LogP contribution in [0.1, 0.15) is 41.6 Å². The third-order valence-electron chi connectivity index (χ3n) is 3.44. The summed E-state index contributed by atoms with van der Waals surface area (Å²) in [6.45, 7) is 7.54. The Morgan fingerprint density at radius 2 is 1.76 bits per heavy atom. The minimum absolute atomic E-state index is 0.229. The summed E-state index contributed by atoms with van der Waals surface area (Å²) in [5, 5.41) is 3.69. The average Bonchev–Trinajstić information content (AvgIpc) is 2.42. The van der Waals surface area contributed by atoms with Gasteiger partial charge in [0.05, 0.1) is 6.04 Å². The first-order valence-electron chi connectivity index (χ1n) is 7.27. The van der Waals surface area contributed by atoms with Crippen LogP contribution in [0.25, 0.3) is 0 Å². The predicted molar refractivity (Wildman–Crippen MR) is 103 cm³/mol. The molecule has 112 valence electrons. The Morgan fingerprint density at radius 3 is 2.38 bits per heavy atom. The summed E-state index contributed by atoms with van der Waals surface area (Å²) in [4.78, 5) is 0. The molecule has 2 aromatic carbocycles. The van der Waals surface area contributed by atoms with E-state index in [0.29, 0.717) is 0 Å². The second kappa shape index (κ2) is 7.75. The third kappa shape index (κ3) is 4.54. The Morgan fingerprint density at radius 1 is 1.10 bits per heavy atom. The van der Waals surface area contributed by atoms with Crippen LogP contribution >= 0.6 is 38.5 Å². The molecule has 2 rings (SSSR count). The molecule has 2 aromatic rings. The molecule has 0 aliphatic carbocycles. The van der Waals surface area contributed by atoms with Crippen LogP contribution in [0, 0.1) is 17.4 Å². The summed E-state index contributed by atoms with van der Waals surface area (Å²) < 4.78 is 2.43. The molecule has 0 aliphatic rings. The SMILES string of the molecule is CCCNC(c1cc(C)cc(C)c1)c1cc(I)ccc1Br. The van der Waals surface area contributed by atoms with E-state index in [1.807, 2.05) is 0 Å². The molecule has 0 radical (unpaired) electrons. The van der Waals surface area contributed by atoms with E-state index in [1.165, 1.54) is 25.8 Å². The van der Waals surface area contributed by atoms with Gasteiger partial charge < -0.3 is 5.32 Å². The lowest BCUT2D eigenvalue weighted by atomic mass is 9.95. The molecule has 1 N–H and O–H groups in total. The summed E-state index contributed by atoms with van der Waals surface area (Å²) in [6, 6.07) is 13.6. The molecule has 0 aliphatic heterocycles.